The lowest BCUT2D eigenvalue weighted by atomic mass is 10.2. The lowest BCUT2D eigenvalue weighted by Crippen LogP contribution is -2.38. The van der Waals surface area contributed by atoms with Crippen molar-refractivity contribution in [1.29, 1.82) is 0 Å². The van der Waals surface area contributed by atoms with E-state index in [0.29, 0.717) is 24.3 Å². The van der Waals surface area contributed by atoms with Crippen LogP contribution in [0.1, 0.15) is 18.4 Å². The molecule has 0 atom stereocenters. The second-order valence-electron chi connectivity index (χ2n) is 4.32. The number of hydrogen-bond acceptors (Lipinski definition) is 4. The van der Waals surface area contributed by atoms with Gasteiger partial charge in [0, 0.05) is 30.9 Å². The van der Waals surface area contributed by atoms with E-state index < -0.39 is 10.2 Å². The van der Waals surface area contributed by atoms with Crippen molar-refractivity contribution in [3.8, 4) is 5.75 Å². The van der Waals surface area contributed by atoms with Crippen molar-refractivity contribution in [1.82, 2.24) is 9.03 Å². The smallest absolute Gasteiger partial charge is 0.279 e. The number of aromatic hydroxyl groups is 1. The van der Waals surface area contributed by atoms with Gasteiger partial charge >= 0.3 is 0 Å². The van der Waals surface area contributed by atoms with Crippen molar-refractivity contribution >= 4 is 15.9 Å². The van der Waals surface area contributed by atoms with Gasteiger partial charge in [-0.1, -0.05) is 0 Å². The molecule has 2 rings (SSSR count). The number of benzene rings is 1. The van der Waals surface area contributed by atoms with Crippen molar-refractivity contribution in [2.45, 2.75) is 19.4 Å². The molecule has 6 nitrogen and oxygen atoms in total. The summed E-state index contributed by atoms with van der Waals surface area (Å²) in [5, 5.41) is 9.59. The zero-order chi connectivity index (χ0) is 13.2. The number of nitrogen functional groups attached to an aromatic ring is 1. The van der Waals surface area contributed by atoms with Crippen LogP contribution in [-0.4, -0.2) is 30.9 Å². The summed E-state index contributed by atoms with van der Waals surface area (Å²) in [5.41, 5.74) is 6.55. The van der Waals surface area contributed by atoms with Gasteiger partial charge < -0.3 is 10.8 Å². The first kappa shape index (κ1) is 13.1. The van der Waals surface area contributed by atoms with Crippen LogP contribution in [0.3, 0.4) is 0 Å². The molecule has 0 spiro atoms. The van der Waals surface area contributed by atoms with Gasteiger partial charge in [-0.2, -0.15) is 17.4 Å². The molecule has 1 fully saturated rings. The minimum Gasteiger partial charge on any atom is -0.508 e. The fourth-order valence-corrected chi connectivity index (χ4v) is 3.20. The number of anilines is 1. The van der Waals surface area contributed by atoms with E-state index in [1.54, 1.807) is 12.1 Å². The Bertz CT molecular complexity index is 524. The van der Waals surface area contributed by atoms with E-state index in [9.17, 15) is 13.5 Å². The number of nitrogens with zero attached hydrogens (tertiary/aromatic N) is 1. The summed E-state index contributed by atoms with van der Waals surface area (Å²) in [5.74, 6) is 0.0355. The summed E-state index contributed by atoms with van der Waals surface area (Å²) in [6, 6.07) is 4.57. The van der Waals surface area contributed by atoms with Gasteiger partial charge in [0.1, 0.15) is 5.75 Å². The summed E-state index contributed by atoms with van der Waals surface area (Å²) >= 11 is 0. The van der Waals surface area contributed by atoms with Crippen molar-refractivity contribution in [3.63, 3.8) is 0 Å². The molecule has 100 valence electrons. The Hall–Kier alpha value is -1.31. The maximum Gasteiger partial charge on any atom is 0.279 e. The van der Waals surface area contributed by atoms with Gasteiger partial charge in [-0.15, -0.1) is 0 Å². The number of phenols is 1. The Labute approximate surface area is 107 Å². The molecule has 0 radical (unpaired) electrons. The van der Waals surface area contributed by atoms with Crippen LogP contribution in [0.25, 0.3) is 0 Å². The van der Waals surface area contributed by atoms with Crippen LogP contribution in [0.4, 0.5) is 5.69 Å². The largest absolute Gasteiger partial charge is 0.508 e. The zero-order valence-electron chi connectivity index (χ0n) is 9.96. The molecule has 1 saturated heterocycles. The molecule has 1 aromatic carbocycles. The zero-order valence-corrected chi connectivity index (χ0v) is 10.8. The van der Waals surface area contributed by atoms with Gasteiger partial charge in [0.05, 0.1) is 0 Å². The molecule has 1 aromatic rings. The Morgan fingerprint density at radius 3 is 2.67 bits per heavy atom. The van der Waals surface area contributed by atoms with Crippen molar-refractivity contribution in [2.75, 3.05) is 18.8 Å². The first-order valence-corrected chi connectivity index (χ1v) is 7.25. The minimum atomic E-state index is -3.46. The highest BCUT2D eigenvalue weighted by molar-refractivity contribution is 7.87. The van der Waals surface area contributed by atoms with E-state index in [0.717, 1.165) is 12.8 Å². The number of nitrogens with one attached hydrogen (secondary N) is 1. The monoisotopic (exact) mass is 271 g/mol. The number of rotatable bonds is 4. The molecule has 0 amide bonds. The number of phenolic OH excluding ortho intramolecular Hbond substituents is 1. The third-order valence-electron chi connectivity index (χ3n) is 2.95. The predicted molar refractivity (Wildman–Crippen MR) is 69.1 cm³/mol. The second-order valence-corrected chi connectivity index (χ2v) is 6.08. The molecule has 4 N–H and O–H groups in total. The molecule has 18 heavy (non-hydrogen) atoms. The average molecular weight is 271 g/mol. The molecule has 0 bridgehead atoms. The van der Waals surface area contributed by atoms with Crippen molar-refractivity contribution in [2.24, 2.45) is 0 Å². The molecule has 0 aromatic heterocycles. The van der Waals surface area contributed by atoms with Crippen LogP contribution >= 0.6 is 0 Å². The Morgan fingerprint density at radius 2 is 2.00 bits per heavy atom. The van der Waals surface area contributed by atoms with Crippen LogP contribution in [0.15, 0.2) is 18.2 Å². The Morgan fingerprint density at radius 1 is 1.33 bits per heavy atom. The first-order valence-electron chi connectivity index (χ1n) is 5.81. The molecule has 1 heterocycles. The fourth-order valence-electron chi connectivity index (χ4n) is 1.94. The van der Waals surface area contributed by atoms with Gasteiger partial charge in [-0.05, 0) is 31.0 Å². The summed E-state index contributed by atoms with van der Waals surface area (Å²) < 4.78 is 27.7. The Balaban J connectivity index is 2.04. The van der Waals surface area contributed by atoms with E-state index in [1.165, 1.54) is 10.4 Å². The Kier molecular flexibility index (Phi) is 3.74. The summed E-state index contributed by atoms with van der Waals surface area (Å²) in [4.78, 5) is 0. The van der Waals surface area contributed by atoms with Gasteiger partial charge in [-0.3, -0.25) is 0 Å². The average Bonchev–Trinajstić information content (AvgIpc) is 2.85. The summed E-state index contributed by atoms with van der Waals surface area (Å²) in [6.07, 6.45) is 1.79. The van der Waals surface area contributed by atoms with E-state index in [2.05, 4.69) is 4.72 Å². The van der Waals surface area contributed by atoms with E-state index in [1.807, 2.05) is 0 Å². The standard InChI is InChI=1S/C11H17N3O3S/c12-10-3-4-11(15)9(7-10)8-13-18(16,17)14-5-1-2-6-14/h3-4,7,13,15H,1-2,5-6,8,12H2. The highest BCUT2D eigenvalue weighted by Gasteiger charge is 2.24. The highest BCUT2D eigenvalue weighted by atomic mass is 32.2. The van der Waals surface area contributed by atoms with Crippen LogP contribution < -0.4 is 10.5 Å². The molecule has 0 unspecified atom stereocenters. The topological polar surface area (TPSA) is 95.7 Å². The molecule has 1 aliphatic rings. The lowest BCUT2D eigenvalue weighted by molar-refractivity contribution is 0.456. The summed E-state index contributed by atoms with van der Waals surface area (Å²) in [6.45, 7) is 1.15. The SMILES string of the molecule is Nc1ccc(O)c(CNS(=O)(=O)N2CCCC2)c1. The summed E-state index contributed by atoms with van der Waals surface area (Å²) in [7, 11) is -3.46. The molecular weight excluding hydrogens is 254 g/mol. The molecule has 0 aliphatic carbocycles. The van der Waals surface area contributed by atoms with Crippen LogP contribution in [0.2, 0.25) is 0 Å². The highest BCUT2D eigenvalue weighted by Crippen LogP contribution is 2.20. The fraction of sp³-hybridized carbons (Fsp3) is 0.455. The molecule has 1 aliphatic heterocycles. The maximum absolute atomic E-state index is 11.9. The second kappa shape index (κ2) is 5.13. The van der Waals surface area contributed by atoms with Gasteiger partial charge in [-0.25, -0.2) is 0 Å². The predicted octanol–water partition coefficient (Wildman–Crippen LogP) is 0.405. The quantitative estimate of drug-likeness (QED) is 0.546. The lowest BCUT2D eigenvalue weighted by Gasteiger charge is -2.16. The first-order chi connectivity index (χ1) is 8.49. The van der Waals surface area contributed by atoms with Crippen molar-refractivity contribution < 1.29 is 13.5 Å². The van der Waals surface area contributed by atoms with Crippen LogP contribution in [0, 0.1) is 0 Å². The third kappa shape index (κ3) is 2.92. The molecular formula is C11H17N3O3S. The van der Waals surface area contributed by atoms with Crippen LogP contribution in [-0.2, 0) is 16.8 Å². The number of nitrogens with two attached hydrogens (primary N) is 1. The minimum absolute atomic E-state index is 0.0355. The van der Waals surface area contributed by atoms with Gasteiger partial charge in [0.15, 0.2) is 0 Å². The molecule has 0 saturated carbocycles. The van der Waals surface area contributed by atoms with E-state index >= 15 is 0 Å². The van der Waals surface area contributed by atoms with Crippen molar-refractivity contribution in [3.05, 3.63) is 23.8 Å². The van der Waals surface area contributed by atoms with E-state index in [4.69, 9.17) is 5.73 Å². The maximum atomic E-state index is 11.9. The number of hydrogen-bond donors (Lipinski definition) is 3. The molecule has 7 heteroatoms. The van der Waals surface area contributed by atoms with E-state index in [-0.39, 0.29) is 12.3 Å². The normalized spacial score (nSPS) is 17.1. The third-order valence-corrected chi connectivity index (χ3v) is 4.51. The van der Waals surface area contributed by atoms with Gasteiger partial charge in [0.25, 0.3) is 10.2 Å². The van der Waals surface area contributed by atoms with Gasteiger partial charge in [0.2, 0.25) is 0 Å². The van der Waals surface area contributed by atoms with Crippen LogP contribution in [0.5, 0.6) is 5.75 Å².